The molecule has 1 aromatic rings. The molecule has 3 rings (SSSR count). The summed E-state index contributed by atoms with van der Waals surface area (Å²) in [7, 11) is 1.55. The predicted octanol–water partition coefficient (Wildman–Crippen LogP) is 4.03. The summed E-state index contributed by atoms with van der Waals surface area (Å²) in [4.78, 5) is 0. The van der Waals surface area contributed by atoms with Gasteiger partial charge in [0.1, 0.15) is 5.75 Å². The summed E-state index contributed by atoms with van der Waals surface area (Å²) in [6.45, 7) is 3.74. The average Bonchev–Trinajstić information content (AvgIpc) is 2.92. The van der Waals surface area contributed by atoms with Crippen LogP contribution in [0.5, 0.6) is 5.75 Å². The monoisotopic (exact) mass is 392 g/mol. The molecular weight excluding hydrogens is 368 g/mol. The summed E-state index contributed by atoms with van der Waals surface area (Å²) in [6, 6.07) is 13.3. The highest BCUT2D eigenvalue weighted by Crippen LogP contribution is 2.66. The molecule has 2 aliphatic heterocycles. The van der Waals surface area contributed by atoms with Gasteiger partial charge in [0.05, 0.1) is 37.3 Å². The Labute approximate surface area is 170 Å². The smallest absolute Gasteiger partial charge is 0.218 e. The maximum absolute atomic E-state index is 10.3. The molecule has 0 saturated carbocycles. The second-order valence-corrected chi connectivity index (χ2v) is 7.71. The molecule has 0 radical (unpaired) electrons. The number of nitrogens with one attached hydrogen (secondary N) is 1. The fourth-order valence-electron chi connectivity index (χ4n) is 4.74. The first-order chi connectivity index (χ1) is 13.9. The van der Waals surface area contributed by atoms with Gasteiger partial charge in [-0.3, -0.25) is 5.41 Å². The molecule has 2 heterocycles. The summed E-state index contributed by atoms with van der Waals surface area (Å²) in [5.74, 6) is -1.88. The first-order valence-electron chi connectivity index (χ1n) is 9.72. The molecule has 2 bridgehead atoms. The van der Waals surface area contributed by atoms with E-state index in [9.17, 15) is 15.8 Å². The van der Waals surface area contributed by atoms with Crippen LogP contribution in [0, 0.1) is 50.2 Å². The predicted molar refractivity (Wildman–Crippen MR) is 104 cm³/mol. The molecule has 2 aliphatic rings. The summed E-state index contributed by atoms with van der Waals surface area (Å²) >= 11 is 0. The maximum atomic E-state index is 10.3. The molecule has 0 amide bonds. The molecular formula is C22H24N4O3. The van der Waals surface area contributed by atoms with Gasteiger partial charge in [0.2, 0.25) is 11.7 Å². The standard InChI is InChI=1S/C22H24N4O3/c1-4-5-6-7-17-21(12-23,13-24)22(14-25)18(20(2,28-17)29-19(22)26)15-8-10-16(27-3)11-9-15/h8-11,17-18,26H,4-7H2,1-3H3. The van der Waals surface area contributed by atoms with Crippen LogP contribution in [0.4, 0.5) is 0 Å². The van der Waals surface area contributed by atoms with Crippen molar-refractivity contribution in [2.75, 3.05) is 7.11 Å². The molecule has 0 spiro atoms. The molecule has 7 nitrogen and oxygen atoms in total. The van der Waals surface area contributed by atoms with Crippen LogP contribution in [0.3, 0.4) is 0 Å². The summed E-state index contributed by atoms with van der Waals surface area (Å²) in [5.41, 5.74) is -2.97. The van der Waals surface area contributed by atoms with Crippen LogP contribution in [-0.2, 0) is 9.47 Å². The van der Waals surface area contributed by atoms with Crippen molar-refractivity contribution in [3.63, 3.8) is 0 Å². The Morgan fingerprint density at radius 2 is 1.76 bits per heavy atom. The Hall–Kier alpha value is -3.08. The molecule has 29 heavy (non-hydrogen) atoms. The quantitative estimate of drug-likeness (QED) is 0.729. The number of hydrogen-bond acceptors (Lipinski definition) is 7. The van der Waals surface area contributed by atoms with E-state index in [4.69, 9.17) is 19.6 Å². The molecule has 0 aliphatic carbocycles. The van der Waals surface area contributed by atoms with Crippen molar-refractivity contribution in [1.29, 1.82) is 21.2 Å². The number of nitrogens with zero attached hydrogens (tertiary/aromatic N) is 3. The molecule has 4 unspecified atom stereocenters. The fourth-order valence-corrected chi connectivity index (χ4v) is 4.74. The van der Waals surface area contributed by atoms with Crippen molar-refractivity contribution in [2.24, 2.45) is 10.8 Å². The van der Waals surface area contributed by atoms with Gasteiger partial charge in [0, 0.05) is 6.92 Å². The van der Waals surface area contributed by atoms with Gasteiger partial charge in [-0.15, -0.1) is 0 Å². The molecule has 2 fully saturated rings. The van der Waals surface area contributed by atoms with E-state index >= 15 is 0 Å². The maximum Gasteiger partial charge on any atom is 0.218 e. The zero-order chi connectivity index (χ0) is 21.3. The first-order valence-corrected chi connectivity index (χ1v) is 9.72. The van der Waals surface area contributed by atoms with Crippen LogP contribution >= 0.6 is 0 Å². The molecule has 150 valence electrons. The van der Waals surface area contributed by atoms with Gasteiger partial charge in [-0.25, -0.2) is 0 Å². The highest BCUT2D eigenvalue weighted by Gasteiger charge is 2.79. The summed E-state index contributed by atoms with van der Waals surface area (Å²) in [5, 5.41) is 39.2. The van der Waals surface area contributed by atoms with Crippen molar-refractivity contribution in [2.45, 2.75) is 57.3 Å². The SMILES string of the molecule is CCCCCC1OC2(C)OC(=N)C(C#N)(C2c2ccc(OC)cc2)C1(C#N)C#N. The van der Waals surface area contributed by atoms with Crippen LogP contribution in [0.2, 0.25) is 0 Å². The van der Waals surface area contributed by atoms with Gasteiger partial charge in [-0.2, -0.15) is 15.8 Å². The topological polar surface area (TPSA) is 123 Å². The summed E-state index contributed by atoms with van der Waals surface area (Å²) < 4.78 is 17.2. The molecule has 0 aromatic heterocycles. The van der Waals surface area contributed by atoms with E-state index in [2.05, 4.69) is 25.1 Å². The number of nitriles is 3. The third-order valence-electron chi connectivity index (χ3n) is 6.15. The first kappa shape index (κ1) is 20.6. The number of rotatable bonds is 6. The van der Waals surface area contributed by atoms with Crippen LogP contribution in [-0.4, -0.2) is 24.9 Å². The lowest BCUT2D eigenvalue weighted by Gasteiger charge is -2.49. The minimum atomic E-state index is -1.85. The summed E-state index contributed by atoms with van der Waals surface area (Å²) in [6.07, 6.45) is 2.26. The minimum Gasteiger partial charge on any atom is -0.497 e. The Morgan fingerprint density at radius 3 is 2.28 bits per heavy atom. The molecule has 1 N–H and O–H groups in total. The fraction of sp³-hybridized carbons (Fsp3) is 0.545. The van der Waals surface area contributed by atoms with Crippen molar-refractivity contribution < 1.29 is 14.2 Å². The van der Waals surface area contributed by atoms with Crippen LogP contribution in [0.25, 0.3) is 0 Å². The van der Waals surface area contributed by atoms with Gasteiger partial charge in [0.25, 0.3) is 0 Å². The number of methoxy groups -OCH3 is 1. The number of unbranched alkanes of at least 4 members (excludes halogenated alkanes) is 2. The number of fused-ring (bicyclic) bond motifs is 2. The number of ether oxygens (including phenoxy) is 3. The second-order valence-electron chi connectivity index (χ2n) is 7.71. The third kappa shape index (κ3) is 2.68. The van der Waals surface area contributed by atoms with E-state index in [0.717, 1.165) is 19.3 Å². The van der Waals surface area contributed by atoms with Gasteiger partial charge in [0.15, 0.2) is 10.8 Å². The normalized spacial score (nSPS) is 31.8. The zero-order valence-electron chi connectivity index (χ0n) is 16.9. The lowest BCUT2D eigenvalue weighted by atomic mass is 9.52. The molecule has 7 heteroatoms. The molecule has 2 saturated heterocycles. The van der Waals surface area contributed by atoms with E-state index in [-0.39, 0.29) is 5.90 Å². The number of benzene rings is 1. The Kier molecular flexibility index (Phi) is 5.26. The van der Waals surface area contributed by atoms with Crippen LogP contribution < -0.4 is 4.74 Å². The van der Waals surface area contributed by atoms with Crippen molar-refractivity contribution in [3.8, 4) is 24.0 Å². The largest absolute Gasteiger partial charge is 0.497 e. The van der Waals surface area contributed by atoms with E-state index in [1.807, 2.05) is 0 Å². The minimum absolute atomic E-state index is 0.385. The van der Waals surface area contributed by atoms with Gasteiger partial charge in [-0.05, 0) is 24.1 Å². The van der Waals surface area contributed by atoms with Crippen molar-refractivity contribution in [1.82, 2.24) is 0 Å². The molecule has 4 atom stereocenters. The third-order valence-corrected chi connectivity index (χ3v) is 6.15. The zero-order valence-corrected chi connectivity index (χ0v) is 16.9. The Bertz CT molecular complexity index is 909. The second kappa shape index (κ2) is 7.39. The highest BCUT2D eigenvalue weighted by molar-refractivity contribution is 5.90. The number of hydrogen-bond donors (Lipinski definition) is 1. The van der Waals surface area contributed by atoms with E-state index in [1.165, 1.54) is 0 Å². The van der Waals surface area contributed by atoms with Crippen molar-refractivity contribution in [3.05, 3.63) is 29.8 Å². The highest BCUT2D eigenvalue weighted by atomic mass is 16.7. The van der Waals surface area contributed by atoms with E-state index < -0.39 is 28.6 Å². The van der Waals surface area contributed by atoms with E-state index in [0.29, 0.717) is 17.7 Å². The van der Waals surface area contributed by atoms with Crippen molar-refractivity contribution >= 4 is 5.90 Å². The van der Waals surface area contributed by atoms with Gasteiger partial charge >= 0.3 is 0 Å². The van der Waals surface area contributed by atoms with Gasteiger partial charge < -0.3 is 14.2 Å². The Balaban J connectivity index is 2.20. The van der Waals surface area contributed by atoms with Gasteiger partial charge in [-0.1, -0.05) is 38.3 Å². The Morgan fingerprint density at radius 1 is 1.10 bits per heavy atom. The molecule has 1 aromatic carbocycles. The van der Waals surface area contributed by atoms with E-state index in [1.54, 1.807) is 38.3 Å². The van der Waals surface area contributed by atoms with Crippen LogP contribution in [0.15, 0.2) is 24.3 Å². The lowest BCUT2D eigenvalue weighted by Crippen LogP contribution is -2.60. The average molecular weight is 392 g/mol. The van der Waals surface area contributed by atoms with Crippen LogP contribution in [0.1, 0.15) is 51.0 Å². The lowest BCUT2D eigenvalue weighted by molar-refractivity contribution is -0.251.